The monoisotopic (exact) mass is 141 g/mol. The van der Waals surface area contributed by atoms with E-state index in [1.165, 1.54) is 0 Å². The van der Waals surface area contributed by atoms with Gasteiger partial charge in [-0.05, 0) is 0 Å². The molecule has 2 heterocycles. The first kappa shape index (κ1) is 6.31. The second-order valence-electron chi connectivity index (χ2n) is 2.88. The zero-order valence-corrected chi connectivity index (χ0v) is 5.88. The van der Waals surface area contributed by atoms with E-state index < -0.39 is 0 Å². The topological polar surface area (TPSA) is 29.5 Å². The molecule has 0 spiro atoms. The summed E-state index contributed by atoms with van der Waals surface area (Å²) in [5, 5.41) is 0. The normalized spacial score (nSPS) is 39.8. The third-order valence-electron chi connectivity index (χ3n) is 2.18. The van der Waals surface area contributed by atoms with Crippen LogP contribution >= 0.6 is 0 Å². The summed E-state index contributed by atoms with van der Waals surface area (Å²) in [6.45, 7) is 3.51. The highest BCUT2D eigenvalue weighted by atomic mass is 16.5. The average Bonchev–Trinajstić information content (AvgIpc) is 1.99. The summed E-state index contributed by atoms with van der Waals surface area (Å²) in [5.74, 6) is 0.288. The summed E-state index contributed by atoms with van der Waals surface area (Å²) >= 11 is 0. The van der Waals surface area contributed by atoms with Gasteiger partial charge in [0.25, 0.3) is 0 Å². The zero-order chi connectivity index (χ0) is 6.97. The lowest BCUT2D eigenvalue weighted by atomic mass is 10.1. The molecule has 2 rings (SSSR count). The smallest absolute Gasteiger partial charge is 0.164 e. The Morgan fingerprint density at radius 3 is 3.20 bits per heavy atom. The number of piperidine rings is 1. The molecule has 0 radical (unpaired) electrons. The molecule has 2 atom stereocenters. The van der Waals surface area contributed by atoms with Gasteiger partial charge >= 0.3 is 0 Å². The summed E-state index contributed by atoms with van der Waals surface area (Å²) < 4.78 is 5.27. The molecule has 2 saturated heterocycles. The van der Waals surface area contributed by atoms with Crippen LogP contribution in [0.2, 0.25) is 0 Å². The molecule has 2 bridgehead atoms. The maximum absolute atomic E-state index is 11.1. The fourth-order valence-corrected chi connectivity index (χ4v) is 1.53. The number of carbonyl (C=O) groups excluding carboxylic acids is 1. The van der Waals surface area contributed by atoms with E-state index in [1.54, 1.807) is 0 Å². The maximum Gasteiger partial charge on any atom is 0.164 e. The first-order valence-electron chi connectivity index (χ1n) is 3.73. The van der Waals surface area contributed by atoms with E-state index in [1.807, 2.05) is 0 Å². The Bertz CT molecular complexity index is 158. The number of hydrogen-bond acceptors (Lipinski definition) is 3. The van der Waals surface area contributed by atoms with Crippen molar-refractivity contribution >= 4 is 5.78 Å². The van der Waals surface area contributed by atoms with Gasteiger partial charge in [-0.3, -0.25) is 9.69 Å². The fourth-order valence-electron chi connectivity index (χ4n) is 1.53. The van der Waals surface area contributed by atoms with Crippen molar-refractivity contribution < 1.29 is 9.53 Å². The number of rotatable bonds is 0. The molecule has 2 aliphatic rings. The van der Waals surface area contributed by atoms with E-state index in [4.69, 9.17) is 4.74 Å². The van der Waals surface area contributed by atoms with Gasteiger partial charge in [-0.15, -0.1) is 0 Å². The van der Waals surface area contributed by atoms with Crippen LogP contribution in [-0.2, 0) is 9.53 Å². The number of morpholine rings is 1. The lowest BCUT2D eigenvalue weighted by Crippen LogP contribution is -2.51. The molecule has 0 amide bonds. The van der Waals surface area contributed by atoms with Gasteiger partial charge in [0.2, 0.25) is 0 Å². The highest BCUT2D eigenvalue weighted by Gasteiger charge is 2.30. The lowest BCUT2D eigenvalue weighted by Gasteiger charge is -2.36. The Balaban J connectivity index is 2.07. The van der Waals surface area contributed by atoms with Gasteiger partial charge in [-0.2, -0.15) is 0 Å². The van der Waals surface area contributed by atoms with Gasteiger partial charge in [0, 0.05) is 26.1 Å². The molecule has 0 aromatic rings. The standard InChI is InChI=1S/C7H11NO2/c9-6-1-2-8-3-4-10-7(6)5-8/h7H,1-5H2/t7-/m1/s1. The second kappa shape index (κ2) is 2.32. The molecule has 1 unspecified atom stereocenters. The van der Waals surface area contributed by atoms with Crippen LogP contribution in [0.5, 0.6) is 0 Å². The second-order valence-corrected chi connectivity index (χ2v) is 2.88. The fraction of sp³-hybridized carbons (Fsp3) is 0.857. The molecule has 0 aliphatic carbocycles. The maximum atomic E-state index is 11.1. The predicted octanol–water partition coefficient (Wildman–Crippen LogP) is -0.340. The minimum Gasteiger partial charge on any atom is -0.368 e. The molecule has 2 fully saturated rings. The van der Waals surface area contributed by atoms with Crippen molar-refractivity contribution in [2.45, 2.75) is 12.5 Å². The van der Waals surface area contributed by atoms with Crippen LogP contribution in [0.15, 0.2) is 0 Å². The molecule has 10 heavy (non-hydrogen) atoms. The van der Waals surface area contributed by atoms with Crippen molar-refractivity contribution in [3.63, 3.8) is 0 Å². The average molecular weight is 141 g/mol. The highest BCUT2D eigenvalue weighted by molar-refractivity contribution is 5.84. The molecule has 2 aliphatic heterocycles. The Kier molecular flexibility index (Phi) is 1.47. The third kappa shape index (κ3) is 0.954. The number of fused-ring (bicyclic) bond motifs is 2. The summed E-state index contributed by atoms with van der Waals surface area (Å²) in [6, 6.07) is 0. The van der Waals surface area contributed by atoms with Gasteiger partial charge in [0.05, 0.1) is 6.61 Å². The zero-order valence-electron chi connectivity index (χ0n) is 5.88. The van der Waals surface area contributed by atoms with Crippen LogP contribution in [0.3, 0.4) is 0 Å². The number of carbonyl (C=O) groups is 1. The Morgan fingerprint density at radius 2 is 2.40 bits per heavy atom. The molecular formula is C7H11NO2. The summed E-state index contributed by atoms with van der Waals surface area (Å²) in [7, 11) is 0. The first-order chi connectivity index (χ1) is 4.86. The van der Waals surface area contributed by atoms with E-state index in [0.717, 1.165) is 26.2 Å². The van der Waals surface area contributed by atoms with Crippen LogP contribution in [0, 0.1) is 0 Å². The van der Waals surface area contributed by atoms with Crippen molar-refractivity contribution in [2.24, 2.45) is 0 Å². The van der Waals surface area contributed by atoms with Crippen molar-refractivity contribution in [1.29, 1.82) is 0 Å². The SMILES string of the molecule is O=C1CCN2CCO[C@@H]1C2. The number of hydrogen-bond donors (Lipinski definition) is 0. The summed E-state index contributed by atoms with van der Waals surface area (Å²) in [6.07, 6.45) is 0.590. The summed E-state index contributed by atoms with van der Waals surface area (Å²) in [5.41, 5.74) is 0. The molecule has 56 valence electrons. The van der Waals surface area contributed by atoms with Gasteiger partial charge in [-0.25, -0.2) is 0 Å². The van der Waals surface area contributed by atoms with E-state index in [0.29, 0.717) is 6.42 Å². The third-order valence-corrected chi connectivity index (χ3v) is 2.18. The van der Waals surface area contributed by atoms with E-state index in [-0.39, 0.29) is 11.9 Å². The van der Waals surface area contributed by atoms with Crippen molar-refractivity contribution in [1.82, 2.24) is 4.90 Å². The lowest BCUT2D eigenvalue weighted by molar-refractivity contribution is -0.142. The van der Waals surface area contributed by atoms with E-state index >= 15 is 0 Å². The minimum absolute atomic E-state index is 0.0949. The Morgan fingerprint density at radius 1 is 1.50 bits per heavy atom. The van der Waals surface area contributed by atoms with Crippen molar-refractivity contribution in [3.05, 3.63) is 0 Å². The number of Topliss-reactive ketones (excluding diaryl/α,β-unsaturated/α-hetero) is 1. The highest BCUT2D eigenvalue weighted by Crippen LogP contribution is 2.13. The molecule has 0 aromatic heterocycles. The van der Waals surface area contributed by atoms with Crippen LogP contribution in [0.4, 0.5) is 0 Å². The van der Waals surface area contributed by atoms with E-state index in [2.05, 4.69) is 4.90 Å². The first-order valence-corrected chi connectivity index (χ1v) is 3.73. The van der Waals surface area contributed by atoms with Gasteiger partial charge in [-0.1, -0.05) is 0 Å². The van der Waals surface area contributed by atoms with Gasteiger partial charge < -0.3 is 4.74 Å². The number of ketones is 1. The number of nitrogens with zero attached hydrogens (tertiary/aromatic N) is 1. The molecule has 0 aromatic carbocycles. The van der Waals surface area contributed by atoms with Crippen LogP contribution in [0.25, 0.3) is 0 Å². The van der Waals surface area contributed by atoms with Crippen LogP contribution in [-0.4, -0.2) is 43.0 Å². The largest absolute Gasteiger partial charge is 0.368 e. The number of ether oxygens (including phenoxy) is 1. The Labute approximate surface area is 60.0 Å². The summed E-state index contributed by atoms with van der Waals surface area (Å²) in [4.78, 5) is 13.3. The van der Waals surface area contributed by atoms with Gasteiger partial charge in [0.15, 0.2) is 5.78 Å². The van der Waals surface area contributed by atoms with Crippen LogP contribution in [0.1, 0.15) is 6.42 Å². The minimum atomic E-state index is -0.0949. The quantitative estimate of drug-likeness (QED) is 0.462. The molecule has 3 heteroatoms. The molecular weight excluding hydrogens is 130 g/mol. The predicted molar refractivity (Wildman–Crippen MR) is 35.8 cm³/mol. The molecule has 3 nitrogen and oxygen atoms in total. The molecule has 0 N–H and O–H groups in total. The Hall–Kier alpha value is -0.410. The van der Waals surface area contributed by atoms with E-state index in [9.17, 15) is 4.79 Å². The van der Waals surface area contributed by atoms with Gasteiger partial charge in [0.1, 0.15) is 6.10 Å². The van der Waals surface area contributed by atoms with Crippen LogP contribution < -0.4 is 0 Å². The van der Waals surface area contributed by atoms with Crippen molar-refractivity contribution in [3.8, 4) is 0 Å². The van der Waals surface area contributed by atoms with Crippen molar-refractivity contribution in [2.75, 3.05) is 26.2 Å². The molecule has 0 saturated carbocycles.